The van der Waals surface area contributed by atoms with Crippen molar-refractivity contribution in [3.8, 4) is 0 Å². The number of nitrogens with zero attached hydrogens (tertiary/aromatic N) is 2. The van der Waals surface area contributed by atoms with Crippen LogP contribution in [0.4, 0.5) is 11.4 Å². The predicted octanol–water partition coefficient (Wildman–Crippen LogP) is 3.20. The Morgan fingerprint density at radius 1 is 1.37 bits per heavy atom. The van der Waals surface area contributed by atoms with Gasteiger partial charge in [0, 0.05) is 13.1 Å². The second-order valence-corrected chi connectivity index (χ2v) is 5.25. The Kier molecular flexibility index (Phi) is 4.27. The molecule has 0 bridgehead atoms. The van der Waals surface area contributed by atoms with E-state index < -0.39 is 16.4 Å². The third kappa shape index (κ3) is 2.90. The van der Waals surface area contributed by atoms with Crippen LogP contribution in [0.25, 0.3) is 0 Å². The first kappa shape index (κ1) is 15.5. The van der Waals surface area contributed by atoms with Crippen LogP contribution in [0, 0.1) is 10.1 Å². The molecular formula is C11H12Cl2N2O4. The lowest BCUT2D eigenvalue weighted by Crippen LogP contribution is -2.48. The van der Waals surface area contributed by atoms with E-state index in [2.05, 4.69) is 0 Å². The second-order valence-electron chi connectivity index (χ2n) is 4.44. The first-order chi connectivity index (χ1) is 8.59. The SMILES string of the molecule is CN(c1cc(Cl)c(Cl)cc1[N+](=O)[O-])C(C)(C)C(=O)O. The molecule has 0 radical (unpaired) electrons. The summed E-state index contributed by atoms with van der Waals surface area (Å²) in [6.45, 7) is 2.86. The van der Waals surface area contributed by atoms with Gasteiger partial charge in [-0.05, 0) is 19.9 Å². The average molecular weight is 307 g/mol. The van der Waals surface area contributed by atoms with E-state index in [1.54, 1.807) is 0 Å². The summed E-state index contributed by atoms with van der Waals surface area (Å²) in [5.41, 5.74) is -1.54. The van der Waals surface area contributed by atoms with Crippen LogP contribution in [0.5, 0.6) is 0 Å². The van der Waals surface area contributed by atoms with Crippen molar-refractivity contribution in [3.63, 3.8) is 0 Å². The van der Waals surface area contributed by atoms with Gasteiger partial charge in [0.2, 0.25) is 0 Å². The maximum absolute atomic E-state index is 11.2. The highest BCUT2D eigenvalue weighted by Gasteiger charge is 2.35. The van der Waals surface area contributed by atoms with Gasteiger partial charge in [-0.3, -0.25) is 10.1 Å². The average Bonchev–Trinajstić information content (AvgIpc) is 2.30. The molecule has 0 saturated heterocycles. The molecule has 0 amide bonds. The number of carboxylic acid groups (broad SMARTS) is 1. The zero-order valence-electron chi connectivity index (χ0n) is 10.5. The van der Waals surface area contributed by atoms with Crippen LogP contribution in [0.2, 0.25) is 10.0 Å². The fourth-order valence-corrected chi connectivity index (χ4v) is 1.70. The molecule has 0 unspecified atom stereocenters. The Morgan fingerprint density at radius 3 is 2.26 bits per heavy atom. The van der Waals surface area contributed by atoms with Gasteiger partial charge in [0.1, 0.15) is 11.2 Å². The molecule has 0 aliphatic carbocycles. The van der Waals surface area contributed by atoms with Crippen LogP contribution in [-0.2, 0) is 4.79 Å². The van der Waals surface area contributed by atoms with Crippen molar-refractivity contribution in [2.24, 2.45) is 0 Å². The van der Waals surface area contributed by atoms with Gasteiger partial charge in [0.25, 0.3) is 5.69 Å². The van der Waals surface area contributed by atoms with Crippen molar-refractivity contribution in [2.45, 2.75) is 19.4 Å². The van der Waals surface area contributed by atoms with E-state index in [0.29, 0.717) is 0 Å². The van der Waals surface area contributed by atoms with Gasteiger partial charge in [0.05, 0.1) is 15.0 Å². The van der Waals surface area contributed by atoms with Crippen molar-refractivity contribution < 1.29 is 14.8 Å². The number of hydrogen-bond acceptors (Lipinski definition) is 4. The number of nitro groups is 1. The lowest BCUT2D eigenvalue weighted by atomic mass is 10.0. The minimum Gasteiger partial charge on any atom is -0.480 e. The van der Waals surface area contributed by atoms with Gasteiger partial charge in [-0.1, -0.05) is 23.2 Å². The zero-order chi connectivity index (χ0) is 15.0. The van der Waals surface area contributed by atoms with Gasteiger partial charge in [0.15, 0.2) is 0 Å². The summed E-state index contributed by atoms with van der Waals surface area (Å²) in [6.07, 6.45) is 0. The summed E-state index contributed by atoms with van der Waals surface area (Å²) in [6, 6.07) is 2.39. The van der Waals surface area contributed by atoms with Gasteiger partial charge in [-0.2, -0.15) is 0 Å². The molecule has 1 rings (SSSR count). The molecule has 0 saturated carbocycles. The second kappa shape index (κ2) is 5.22. The van der Waals surface area contributed by atoms with Crippen molar-refractivity contribution >= 4 is 40.5 Å². The Morgan fingerprint density at radius 2 is 1.84 bits per heavy atom. The van der Waals surface area contributed by atoms with E-state index in [1.165, 1.54) is 31.9 Å². The number of benzene rings is 1. The smallest absolute Gasteiger partial charge is 0.328 e. The van der Waals surface area contributed by atoms with E-state index >= 15 is 0 Å². The van der Waals surface area contributed by atoms with Crippen LogP contribution < -0.4 is 4.90 Å². The number of carboxylic acids is 1. The first-order valence-electron chi connectivity index (χ1n) is 5.19. The summed E-state index contributed by atoms with van der Waals surface area (Å²) in [5, 5.41) is 20.3. The van der Waals surface area contributed by atoms with E-state index in [1.807, 2.05) is 0 Å². The van der Waals surface area contributed by atoms with E-state index in [0.717, 1.165) is 6.07 Å². The molecule has 1 aromatic rings. The van der Waals surface area contributed by atoms with E-state index in [4.69, 9.17) is 28.3 Å². The predicted molar refractivity (Wildman–Crippen MR) is 73.2 cm³/mol. The molecule has 8 heteroatoms. The number of anilines is 1. The minimum atomic E-state index is -1.33. The first-order valence-corrected chi connectivity index (χ1v) is 5.95. The van der Waals surface area contributed by atoms with Crippen molar-refractivity contribution in [1.82, 2.24) is 0 Å². The molecule has 1 aromatic carbocycles. The zero-order valence-corrected chi connectivity index (χ0v) is 12.0. The third-order valence-electron chi connectivity index (χ3n) is 2.94. The molecule has 0 spiro atoms. The molecule has 1 N–H and O–H groups in total. The van der Waals surface area contributed by atoms with Crippen LogP contribution >= 0.6 is 23.2 Å². The Labute approximate surface area is 119 Å². The quantitative estimate of drug-likeness (QED) is 0.682. The Hall–Kier alpha value is -1.53. The normalized spacial score (nSPS) is 11.2. The van der Waals surface area contributed by atoms with Crippen LogP contribution in [-0.4, -0.2) is 28.6 Å². The summed E-state index contributed by atoms with van der Waals surface area (Å²) in [4.78, 5) is 22.9. The number of likely N-dealkylation sites (N-methyl/N-ethyl adjacent to an activating group) is 1. The van der Waals surface area contributed by atoms with Crippen LogP contribution in [0.3, 0.4) is 0 Å². The fraction of sp³-hybridized carbons (Fsp3) is 0.364. The molecule has 0 aromatic heterocycles. The number of hydrogen-bond donors (Lipinski definition) is 1. The fourth-order valence-electron chi connectivity index (χ4n) is 1.39. The number of halogens is 2. The molecule has 104 valence electrons. The summed E-state index contributed by atoms with van der Waals surface area (Å²) < 4.78 is 0. The lowest BCUT2D eigenvalue weighted by molar-refractivity contribution is -0.384. The maximum atomic E-state index is 11.2. The van der Waals surface area contributed by atoms with Crippen molar-refractivity contribution in [2.75, 3.05) is 11.9 Å². The summed E-state index contributed by atoms with van der Waals surface area (Å²) in [5.74, 6) is -1.12. The number of nitro benzene ring substituents is 1. The summed E-state index contributed by atoms with van der Waals surface area (Å²) in [7, 11) is 1.45. The molecule has 6 nitrogen and oxygen atoms in total. The minimum absolute atomic E-state index is 0.0404. The topological polar surface area (TPSA) is 83.7 Å². The molecular weight excluding hydrogens is 295 g/mol. The standard InChI is InChI=1S/C11H12Cl2N2O4/c1-11(2,10(16)17)14(3)8-4-6(12)7(13)5-9(8)15(18)19/h4-5H,1-3H3,(H,16,17). The lowest BCUT2D eigenvalue weighted by Gasteiger charge is -2.33. The highest BCUT2D eigenvalue weighted by atomic mass is 35.5. The van der Waals surface area contributed by atoms with Crippen LogP contribution in [0.1, 0.15) is 13.8 Å². The number of carbonyl (C=O) groups is 1. The number of rotatable bonds is 4. The molecule has 19 heavy (non-hydrogen) atoms. The van der Waals surface area contributed by atoms with E-state index in [-0.39, 0.29) is 21.4 Å². The maximum Gasteiger partial charge on any atom is 0.328 e. The summed E-state index contributed by atoms with van der Waals surface area (Å²) >= 11 is 11.6. The Balaban J connectivity index is 3.45. The van der Waals surface area contributed by atoms with Gasteiger partial charge < -0.3 is 10.0 Å². The molecule has 0 heterocycles. The monoisotopic (exact) mass is 306 g/mol. The van der Waals surface area contributed by atoms with Gasteiger partial charge in [-0.25, -0.2) is 4.79 Å². The molecule has 0 aliphatic rings. The Bertz CT molecular complexity index is 546. The van der Waals surface area contributed by atoms with Crippen LogP contribution in [0.15, 0.2) is 12.1 Å². The van der Waals surface area contributed by atoms with Gasteiger partial charge in [-0.15, -0.1) is 0 Å². The van der Waals surface area contributed by atoms with Crippen molar-refractivity contribution in [1.29, 1.82) is 0 Å². The largest absolute Gasteiger partial charge is 0.480 e. The molecule has 0 atom stereocenters. The van der Waals surface area contributed by atoms with Crippen molar-refractivity contribution in [3.05, 3.63) is 32.3 Å². The molecule has 0 aliphatic heterocycles. The highest BCUT2D eigenvalue weighted by Crippen LogP contribution is 2.38. The number of aliphatic carboxylic acids is 1. The van der Waals surface area contributed by atoms with Gasteiger partial charge >= 0.3 is 5.97 Å². The van der Waals surface area contributed by atoms with E-state index in [9.17, 15) is 14.9 Å². The molecule has 0 fully saturated rings. The third-order valence-corrected chi connectivity index (χ3v) is 3.66. The highest BCUT2D eigenvalue weighted by molar-refractivity contribution is 6.42.